The fourth-order valence-electron chi connectivity index (χ4n) is 0.0833. The molecule has 0 spiro atoms. The summed E-state index contributed by atoms with van der Waals surface area (Å²) < 4.78 is 0. The van der Waals surface area contributed by atoms with Crippen LogP contribution in [0.25, 0.3) is 0 Å². The summed E-state index contributed by atoms with van der Waals surface area (Å²) in [5, 5.41) is 2.85. The summed E-state index contributed by atoms with van der Waals surface area (Å²) in [5.41, 5.74) is 6.05. The summed E-state index contributed by atoms with van der Waals surface area (Å²) in [6.07, 6.45) is 1.53. The molecule has 0 amide bonds. The average Bonchev–Trinajstić information content (AvgIpc) is 1.91. The van der Waals surface area contributed by atoms with Crippen molar-refractivity contribution in [3.63, 3.8) is 0 Å². The van der Waals surface area contributed by atoms with Crippen molar-refractivity contribution in [1.82, 2.24) is 5.32 Å². The Hall–Kier alpha value is -0.660. The van der Waals surface area contributed by atoms with Gasteiger partial charge in [0, 0.05) is 18.9 Å². The highest BCUT2D eigenvalue weighted by Crippen LogP contribution is 1.73. The highest BCUT2D eigenvalue weighted by Gasteiger charge is 1.69. The molecule has 0 aliphatic heterocycles. The second-order valence-corrected chi connectivity index (χ2v) is 1.10. The molecule has 0 radical (unpaired) electrons. The first kappa shape index (κ1) is 10.3. The molecule has 50 valence electrons. The summed E-state index contributed by atoms with van der Waals surface area (Å²) in [4.78, 5) is 0. The number of nitrogens with one attached hydrogen (secondary N) is 1. The molecule has 0 unspecified atom stereocenters. The van der Waals surface area contributed by atoms with Crippen LogP contribution in [0.5, 0.6) is 0 Å². The van der Waals surface area contributed by atoms with E-state index >= 15 is 0 Å². The molecule has 0 aromatic carbocycles. The van der Waals surface area contributed by atoms with Crippen molar-refractivity contribution in [3.05, 3.63) is 11.9 Å². The first-order valence-electron chi connectivity index (χ1n) is 2.87. The number of nitrogens with two attached hydrogens (primary N) is 1. The molecule has 0 aromatic heterocycles. The molecule has 0 saturated carbocycles. The van der Waals surface area contributed by atoms with Crippen LogP contribution >= 0.6 is 0 Å². The summed E-state index contributed by atoms with van der Waals surface area (Å²) >= 11 is 0. The maximum absolute atomic E-state index is 5.06. The lowest BCUT2D eigenvalue weighted by Gasteiger charge is -1.91. The molecular weight excluding hydrogens is 100 g/mol. The molecule has 0 rings (SSSR count). The monoisotopic (exact) mass is 116 g/mol. The molecule has 0 aliphatic rings. The van der Waals surface area contributed by atoms with Crippen LogP contribution in [0.4, 0.5) is 0 Å². The van der Waals surface area contributed by atoms with Crippen LogP contribution in [0, 0.1) is 0 Å². The van der Waals surface area contributed by atoms with Gasteiger partial charge in [0.1, 0.15) is 0 Å². The van der Waals surface area contributed by atoms with Crippen LogP contribution in [0.15, 0.2) is 11.9 Å². The highest BCUT2D eigenvalue weighted by molar-refractivity contribution is 4.89. The zero-order valence-corrected chi connectivity index (χ0v) is 6.15. The van der Waals surface area contributed by atoms with Crippen LogP contribution in [-0.2, 0) is 0 Å². The van der Waals surface area contributed by atoms with E-state index in [0.29, 0.717) is 0 Å². The lowest BCUT2D eigenvalue weighted by Crippen LogP contribution is -2.03. The van der Waals surface area contributed by atoms with E-state index in [-0.39, 0.29) is 0 Å². The van der Waals surface area contributed by atoms with Gasteiger partial charge in [0.25, 0.3) is 0 Å². The van der Waals surface area contributed by atoms with Gasteiger partial charge in [0.05, 0.1) is 0 Å². The quantitative estimate of drug-likeness (QED) is 0.537. The summed E-state index contributed by atoms with van der Waals surface area (Å²) in [6.45, 7) is 5.90. The maximum Gasteiger partial charge on any atom is 0.0230 e. The molecule has 8 heavy (non-hydrogen) atoms. The highest BCUT2D eigenvalue weighted by atomic mass is 14.8. The molecule has 0 aromatic rings. The average molecular weight is 116 g/mol. The van der Waals surface area contributed by atoms with Gasteiger partial charge >= 0.3 is 0 Å². The standard InChI is InChI=1S/C4H10N2.C2H6/c1-4(3-5)6-2;1-2/h3,6H,5H2,1-2H3;1-2H3/b4-3-;. The second-order valence-electron chi connectivity index (χ2n) is 1.10. The normalized spacial score (nSPS) is 9.25. The largest absolute Gasteiger partial charge is 0.403 e. The van der Waals surface area contributed by atoms with E-state index in [1.807, 2.05) is 27.8 Å². The van der Waals surface area contributed by atoms with E-state index in [0.717, 1.165) is 5.70 Å². The third-order valence-electron chi connectivity index (χ3n) is 0.644. The zero-order chi connectivity index (χ0) is 6.99. The lowest BCUT2D eigenvalue weighted by atomic mass is 10.5. The van der Waals surface area contributed by atoms with Gasteiger partial charge in [0.15, 0.2) is 0 Å². The zero-order valence-electron chi connectivity index (χ0n) is 6.15. The molecule has 2 heteroatoms. The first-order chi connectivity index (χ1) is 3.81. The van der Waals surface area contributed by atoms with Crippen LogP contribution in [-0.4, -0.2) is 7.05 Å². The Morgan fingerprint density at radius 3 is 1.88 bits per heavy atom. The van der Waals surface area contributed by atoms with E-state index in [9.17, 15) is 0 Å². The minimum Gasteiger partial charge on any atom is -0.403 e. The number of rotatable bonds is 1. The molecule has 0 atom stereocenters. The molecule has 0 fully saturated rings. The van der Waals surface area contributed by atoms with E-state index < -0.39 is 0 Å². The van der Waals surface area contributed by atoms with Crippen molar-refractivity contribution in [2.45, 2.75) is 20.8 Å². The van der Waals surface area contributed by atoms with Crippen molar-refractivity contribution in [2.24, 2.45) is 5.73 Å². The van der Waals surface area contributed by atoms with Gasteiger partial charge in [-0.25, -0.2) is 0 Å². The first-order valence-corrected chi connectivity index (χ1v) is 2.87. The Labute approximate surface area is 51.8 Å². The van der Waals surface area contributed by atoms with Gasteiger partial charge in [-0.2, -0.15) is 0 Å². The van der Waals surface area contributed by atoms with E-state index in [2.05, 4.69) is 5.32 Å². The van der Waals surface area contributed by atoms with Crippen molar-refractivity contribution in [2.75, 3.05) is 7.05 Å². The topological polar surface area (TPSA) is 38.0 Å². The van der Waals surface area contributed by atoms with Crippen LogP contribution < -0.4 is 11.1 Å². The second kappa shape index (κ2) is 9.60. The van der Waals surface area contributed by atoms with Gasteiger partial charge in [-0.15, -0.1) is 0 Å². The Balaban J connectivity index is 0. The van der Waals surface area contributed by atoms with E-state index in [1.165, 1.54) is 6.20 Å². The van der Waals surface area contributed by atoms with Crippen LogP contribution in [0.1, 0.15) is 20.8 Å². The van der Waals surface area contributed by atoms with Gasteiger partial charge in [-0.05, 0) is 6.92 Å². The minimum atomic E-state index is 0.995. The lowest BCUT2D eigenvalue weighted by molar-refractivity contribution is 0.981. The maximum atomic E-state index is 5.06. The predicted octanol–water partition coefficient (Wildman–Crippen LogP) is 1.05. The summed E-state index contributed by atoms with van der Waals surface area (Å²) in [5.74, 6) is 0. The molecule has 0 aliphatic carbocycles. The van der Waals surface area contributed by atoms with Crippen molar-refractivity contribution in [1.29, 1.82) is 0 Å². The van der Waals surface area contributed by atoms with Crippen LogP contribution in [0.3, 0.4) is 0 Å². The van der Waals surface area contributed by atoms with Gasteiger partial charge in [-0.3, -0.25) is 0 Å². The molecule has 2 nitrogen and oxygen atoms in total. The van der Waals surface area contributed by atoms with E-state index in [1.54, 1.807) is 0 Å². The Morgan fingerprint density at radius 1 is 1.50 bits per heavy atom. The van der Waals surface area contributed by atoms with E-state index in [4.69, 9.17) is 5.73 Å². The predicted molar refractivity (Wildman–Crippen MR) is 38.4 cm³/mol. The van der Waals surface area contributed by atoms with Crippen molar-refractivity contribution in [3.8, 4) is 0 Å². The molecule has 0 heterocycles. The van der Waals surface area contributed by atoms with Gasteiger partial charge < -0.3 is 11.1 Å². The molecule has 3 N–H and O–H groups in total. The molecular formula is C6H16N2. The fourth-order valence-corrected chi connectivity index (χ4v) is 0.0833. The molecule has 0 bridgehead atoms. The Kier molecular flexibility index (Phi) is 12.4. The van der Waals surface area contributed by atoms with Crippen molar-refractivity contribution < 1.29 is 0 Å². The van der Waals surface area contributed by atoms with Gasteiger partial charge in [0.2, 0.25) is 0 Å². The summed E-state index contributed by atoms with van der Waals surface area (Å²) in [6, 6.07) is 0. The van der Waals surface area contributed by atoms with Crippen LogP contribution in [0.2, 0.25) is 0 Å². The third kappa shape index (κ3) is 9.02. The Morgan fingerprint density at radius 2 is 1.88 bits per heavy atom. The smallest absolute Gasteiger partial charge is 0.0230 e. The summed E-state index contributed by atoms with van der Waals surface area (Å²) in [7, 11) is 1.83. The third-order valence-corrected chi connectivity index (χ3v) is 0.644. The van der Waals surface area contributed by atoms with Gasteiger partial charge in [-0.1, -0.05) is 13.8 Å². The minimum absolute atomic E-state index is 0.995. The Bertz CT molecular complexity index is 57.5. The van der Waals surface area contributed by atoms with Crippen molar-refractivity contribution >= 4 is 0 Å². The molecule has 0 saturated heterocycles. The SMILES string of the molecule is CC.CN/C(C)=C\N. The number of allylic oxidation sites excluding steroid dienone is 1. The fraction of sp³-hybridized carbons (Fsp3) is 0.667. The number of hydrogen-bond donors (Lipinski definition) is 2. The number of hydrogen-bond acceptors (Lipinski definition) is 2.